The average molecular weight is 258 g/mol. The van der Waals surface area contributed by atoms with E-state index in [1.807, 2.05) is 0 Å². The van der Waals surface area contributed by atoms with Crippen molar-refractivity contribution in [2.75, 3.05) is 32.8 Å². The molecule has 1 fully saturated rings. The second-order valence-corrected chi connectivity index (χ2v) is 4.15. The van der Waals surface area contributed by atoms with E-state index in [-0.39, 0.29) is 25.0 Å². The summed E-state index contributed by atoms with van der Waals surface area (Å²) in [6.45, 7) is 4.33. The third-order valence-electron chi connectivity index (χ3n) is 2.70. The van der Waals surface area contributed by atoms with Crippen molar-refractivity contribution in [2.45, 2.75) is 32.3 Å². The summed E-state index contributed by atoms with van der Waals surface area (Å²) in [5, 5.41) is 5.75. The van der Waals surface area contributed by atoms with Crippen LogP contribution in [-0.2, 0) is 19.1 Å². The number of hydrogen-bond acceptors (Lipinski definition) is 5. The van der Waals surface area contributed by atoms with E-state index in [1.165, 1.54) is 0 Å². The van der Waals surface area contributed by atoms with Crippen molar-refractivity contribution in [3.63, 3.8) is 0 Å². The van der Waals surface area contributed by atoms with Crippen molar-refractivity contribution in [3.8, 4) is 0 Å². The quantitative estimate of drug-likeness (QED) is 0.620. The second kappa shape index (κ2) is 8.88. The Labute approximate surface area is 107 Å². The standard InChI is InChI=1S/C12H22N2O4/c1-2-17-12(16)9-14-11(15)5-8-18-10-3-6-13-7-4-10/h10,13H,2-9H2,1H3,(H,14,15). The number of hydrogen-bond donors (Lipinski definition) is 2. The van der Waals surface area contributed by atoms with Crippen molar-refractivity contribution in [2.24, 2.45) is 0 Å². The third kappa shape index (κ3) is 6.56. The number of nitrogens with one attached hydrogen (secondary N) is 2. The smallest absolute Gasteiger partial charge is 0.325 e. The Morgan fingerprint density at radius 1 is 1.33 bits per heavy atom. The Balaban J connectivity index is 2.00. The number of carbonyl (C=O) groups excluding carboxylic acids is 2. The highest BCUT2D eigenvalue weighted by molar-refractivity contribution is 5.81. The van der Waals surface area contributed by atoms with Crippen LogP contribution in [0.25, 0.3) is 0 Å². The Morgan fingerprint density at radius 2 is 2.06 bits per heavy atom. The first-order valence-corrected chi connectivity index (χ1v) is 6.47. The molecular formula is C12H22N2O4. The van der Waals surface area contributed by atoms with Gasteiger partial charge in [-0.3, -0.25) is 9.59 Å². The molecule has 1 amide bonds. The van der Waals surface area contributed by atoms with Gasteiger partial charge in [0.1, 0.15) is 6.54 Å². The van der Waals surface area contributed by atoms with Crippen molar-refractivity contribution < 1.29 is 19.1 Å². The van der Waals surface area contributed by atoms with Crippen LogP contribution in [-0.4, -0.2) is 50.8 Å². The van der Waals surface area contributed by atoms with Gasteiger partial charge in [0, 0.05) is 6.42 Å². The molecule has 1 saturated heterocycles. The fourth-order valence-electron chi connectivity index (χ4n) is 1.75. The van der Waals surface area contributed by atoms with E-state index in [4.69, 9.17) is 9.47 Å². The molecule has 1 aliphatic heterocycles. The van der Waals surface area contributed by atoms with Crippen molar-refractivity contribution in [1.82, 2.24) is 10.6 Å². The highest BCUT2D eigenvalue weighted by Crippen LogP contribution is 2.07. The third-order valence-corrected chi connectivity index (χ3v) is 2.70. The molecule has 0 unspecified atom stereocenters. The molecule has 0 aromatic carbocycles. The predicted molar refractivity (Wildman–Crippen MR) is 66.1 cm³/mol. The lowest BCUT2D eigenvalue weighted by Gasteiger charge is -2.22. The van der Waals surface area contributed by atoms with E-state index in [9.17, 15) is 9.59 Å². The van der Waals surface area contributed by atoms with Crippen LogP contribution in [0.4, 0.5) is 0 Å². The summed E-state index contributed by atoms with van der Waals surface area (Å²) in [5.41, 5.74) is 0. The molecule has 0 aliphatic carbocycles. The molecule has 1 aliphatic rings. The van der Waals surface area contributed by atoms with Gasteiger partial charge in [-0.15, -0.1) is 0 Å². The van der Waals surface area contributed by atoms with Crippen LogP contribution in [0.2, 0.25) is 0 Å². The maximum Gasteiger partial charge on any atom is 0.325 e. The van der Waals surface area contributed by atoms with Gasteiger partial charge in [0.05, 0.1) is 19.3 Å². The lowest BCUT2D eigenvalue weighted by atomic mass is 10.1. The van der Waals surface area contributed by atoms with Gasteiger partial charge in [-0.1, -0.05) is 0 Å². The normalized spacial score (nSPS) is 16.3. The number of rotatable bonds is 7. The van der Waals surface area contributed by atoms with E-state index in [2.05, 4.69) is 10.6 Å². The largest absolute Gasteiger partial charge is 0.465 e. The number of carbonyl (C=O) groups is 2. The van der Waals surface area contributed by atoms with Crippen LogP contribution in [0.3, 0.4) is 0 Å². The Bertz CT molecular complexity index is 265. The van der Waals surface area contributed by atoms with Gasteiger partial charge in [-0.2, -0.15) is 0 Å². The molecule has 0 bridgehead atoms. The second-order valence-electron chi connectivity index (χ2n) is 4.15. The molecule has 0 aromatic rings. The SMILES string of the molecule is CCOC(=O)CNC(=O)CCOC1CCNCC1. The predicted octanol–water partition coefficient (Wildman–Crippen LogP) is -0.176. The van der Waals surface area contributed by atoms with E-state index < -0.39 is 5.97 Å². The van der Waals surface area contributed by atoms with Gasteiger partial charge in [-0.05, 0) is 32.9 Å². The van der Waals surface area contributed by atoms with Crippen LogP contribution in [0, 0.1) is 0 Å². The van der Waals surface area contributed by atoms with Gasteiger partial charge in [0.25, 0.3) is 0 Å². The fourth-order valence-corrected chi connectivity index (χ4v) is 1.75. The van der Waals surface area contributed by atoms with Crippen molar-refractivity contribution in [3.05, 3.63) is 0 Å². The zero-order valence-electron chi connectivity index (χ0n) is 10.9. The molecule has 0 atom stereocenters. The summed E-state index contributed by atoms with van der Waals surface area (Å²) in [6, 6.07) is 0. The molecule has 18 heavy (non-hydrogen) atoms. The molecular weight excluding hydrogens is 236 g/mol. The molecule has 6 heteroatoms. The summed E-state index contributed by atoms with van der Waals surface area (Å²) in [7, 11) is 0. The minimum absolute atomic E-state index is 0.0694. The number of esters is 1. The van der Waals surface area contributed by atoms with Crippen LogP contribution in [0.15, 0.2) is 0 Å². The molecule has 0 aromatic heterocycles. The van der Waals surface area contributed by atoms with Crippen LogP contribution < -0.4 is 10.6 Å². The van der Waals surface area contributed by atoms with Gasteiger partial charge < -0.3 is 20.1 Å². The summed E-state index contributed by atoms with van der Waals surface area (Å²) in [5.74, 6) is -0.595. The molecule has 1 heterocycles. The van der Waals surface area contributed by atoms with Gasteiger partial charge >= 0.3 is 5.97 Å². The minimum atomic E-state index is -0.412. The number of piperidine rings is 1. The lowest BCUT2D eigenvalue weighted by Crippen LogP contribution is -2.34. The van der Waals surface area contributed by atoms with Crippen LogP contribution in [0.1, 0.15) is 26.2 Å². The van der Waals surface area contributed by atoms with E-state index >= 15 is 0 Å². The van der Waals surface area contributed by atoms with Crippen molar-refractivity contribution >= 4 is 11.9 Å². The van der Waals surface area contributed by atoms with Crippen LogP contribution >= 0.6 is 0 Å². The highest BCUT2D eigenvalue weighted by Gasteiger charge is 2.13. The molecule has 0 saturated carbocycles. The zero-order chi connectivity index (χ0) is 13.2. The monoisotopic (exact) mass is 258 g/mol. The maximum atomic E-state index is 11.4. The first-order chi connectivity index (χ1) is 8.72. The molecule has 2 N–H and O–H groups in total. The molecule has 0 radical (unpaired) electrons. The van der Waals surface area contributed by atoms with E-state index in [1.54, 1.807) is 6.92 Å². The summed E-state index contributed by atoms with van der Waals surface area (Å²) < 4.78 is 10.3. The minimum Gasteiger partial charge on any atom is -0.465 e. The summed E-state index contributed by atoms with van der Waals surface area (Å²) in [4.78, 5) is 22.4. The lowest BCUT2D eigenvalue weighted by molar-refractivity contribution is -0.143. The molecule has 104 valence electrons. The van der Waals surface area contributed by atoms with Crippen LogP contribution in [0.5, 0.6) is 0 Å². The molecule has 6 nitrogen and oxygen atoms in total. The van der Waals surface area contributed by atoms with E-state index in [0.29, 0.717) is 13.2 Å². The molecule has 0 spiro atoms. The van der Waals surface area contributed by atoms with Gasteiger partial charge in [0.2, 0.25) is 5.91 Å². The zero-order valence-corrected chi connectivity index (χ0v) is 10.9. The Morgan fingerprint density at radius 3 is 2.72 bits per heavy atom. The molecule has 1 rings (SSSR count). The van der Waals surface area contributed by atoms with Crippen molar-refractivity contribution in [1.29, 1.82) is 0 Å². The fraction of sp³-hybridized carbons (Fsp3) is 0.833. The number of amides is 1. The van der Waals surface area contributed by atoms with Gasteiger partial charge in [0.15, 0.2) is 0 Å². The Hall–Kier alpha value is -1.14. The first-order valence-electron chi connectivity index (χ1n) is 6.47. The van der Waals surface area contributed by atoms with Gasteiger partial charge in [-0.25, -0.2) is 0 Å². The Kier molecular flexibility index (Phi) is 7.36. The summed E-state index contributed by atoms with van der Waals surface area (Å²) in [6.07, 6.45) is 2.52. The average Bonchev–Trinajstić information content (AvgIpc) is 2.38. The van der Waals surface area contributed by atoms with E-state index in [0.717, 1.165) is 25.9 Å². The maximum absolute atomic E-state index is 11.4. The number of ether oxygens (including phenoxy) is 2. The topological polar surface area (TPSA) is 76.7 Å². The first kappa shape index (κ1) is 14.9. The summed E-state index contributed by atoms with van der Waals surface area (Å²) >= 11 is 0. The highest BCUT2D eigenvalue weighted by atomic mass is 16.5.